The Hall–Kier alpha value is -4.13. The van der Waals surface area contributed by atoms with Crippen molar-refractivity contribution in [1.82, 2.24) is 15.0 Å². The number of carbonyl (C=O) groups is 2. The second-order valence-electron chi connectivity index (χ2n) is 6.68. The number of hydrogen-bond donors (Lipinski definition) is 1. The number of anilines is 1. The molecule has 0 spiro atoms. The number of carbonyl (C=O) groups excluding carboxylic acids is 2. The largest absolute Gasteiger partial charge is 0.322 e. The molecule has 3 aromatic carbocycles. The Kier molecular flexibility index (Phi) is 5.17. The van der Waals surface area contributed by atoms with E-state index in [9.17, 15) is 14.0 Å². The van der Waals surface area contributed by atoms with E-state index in [0.717, 1.165) is 5.56 Å². The molecule has 0 fully saturated rings. The minimum Gasteiger partial charge on any atom is -0.322 e. The van der Waals surface area contributed by atoms with Gasteiger partial charge in [-0.25, -0.2) is 9.07 Å². The number of rotatable bonds is 5. The van der Waals surface area contributed by atoms with Gasteiger partial charge in [-0.05, 0) is 67.6 Å². The van der Waals surface area contributed by atoms with E-state index in [1.165, 1.54) is 19.1 Å². The topological polar surface area (TPSA) is 76.9 Å². The van der Waals surface area contributed by atoms with Gasteiger partial charge in [0.1, 0.15) is 5.82 Å². The highest BCUT2D eigenvalue weighted by Crippen LogP contribution is 2.22. The summed E-state index contributed by atoms with van der Waals surface area (Å²) in [6.07, 6.45) is 1.59. The second kappa shape index (κ2) is 8.08. The standard InChI is InChI=1S/C23H17FN4O2/c1-15(29)18-3-2-4-20(13-18)26-23(30)17-7-11-21(12-8-17)28-22(14-25-27-28)16-5-9-19(24)10-6-16/h2-14H,1H3,(H,26,30). The molecule has 1 amide bonds. The fraction of sp³-hybridized carbons (Fsp3) is 0.0435. The van der Waals surface area contributed by atoms with Gasteiger partial charge in [0.05, 0.1) is 17.6 Å². The van der Waals surface area contributed by atoms with E-state index in [4.69, 9.17) is 0 Å². The van der Waals surface area contributed by atoms with E-state index in [1.807, 2.05) is 0 Å². The predicted molar refractivity (Wildman–Crippen MR) is 111 cm³/mol. The summed E-state index contributed by atoms with van der Waals surface area (Å²) in [4.78, 5) is 24.1. The van der Waals surface area contributed by atoms with Crippen molar-refractivity contribution in [2.24, 2.45) is 0 Å². The molecule has 0 aliphatic rings. The van der Waals surface area contributed by atoms with Gasteiger partial charge in [-0.1, -0.05) is 17.3 Å². The van der Waals surface area contributed by atoms with Gasteiger partial charge in [-0.2, -0.15) is 0 Å². The summed E-state index contributed by atoms with van der Waals surface area (Å²) in [6.45, 7) is 1.48. The van der Waals surface area contributed by atoms with E-state index < -0.39 is 0 Å². The molecule has 0 unspecified atom stereocenters. The Balaban J connectivity index is 1.55. The quantitative estimate of drug-likeness (QED) is 0.500. The van der Waals surface area contributed by atoms with E-state index in [-0.39, 0.29) is 17.5 Å². The molecular formula is C23H17FN4O2. The molecular weight excluding hydrogens is 383 g/mol. The molecule has 0 saturated heterocycles. The number of Topliss-reactive ketones (excluding diaryl/α,β-unsaturated/α-hetero) is 1. The van der Waals surface area contributed by atoms with Crippen LogP contribution in [-0.2, 0) is 0 Å². The van der Waals surface area contributed by atoms with Gasteiger partial charge in [0, 0.05) is 22.4 Å². The lowest BCUT2D eigenvalue weighted by atomic mass is 10.1. The molecule has 0 saturated carbocycles. The summed E-state index contributed by atoms with van der Waals surface area (Å²) >= 11 is 0. The molecule has 1 aromatic heterocycles. The monoisotopic (exact) mass is 400 g/mol. The first-order valence-electron chi connectivity index (χ1n) is 9.21. The average Bonchev–Trinajstić information content (AvgIpc) is 3.24. The molecule has 0 aliphatic heterocycles. The lowest BCUT2D eigenvalue weighted by molar-refractivity contribution is 0.101. The van der Waals surface area contributed by atoms with Crippen LogP contribution in [-0.4, -0.2) is 26.7 Å². The third-order valence-electron chi connectivity index (χ3n) is 4.59. The Morgan fingerprint density at radius 3 is 2.37 bits per heavy atom. The second-order valence-corrected chi connectivity index (χ2v) is 6.68. The maximum Gasteiger partial charge on any atom is 0.255 e. The Morgan fingerprint density at radius 1 is 0.933 bits per heavy atom. The van der Waals surface area contributed by atoms with Gasteiger partial charge in [-0.3, -0.25) is 9.59 Å². The molecule has 0 aliphatic carbocycles. The van der Waals surface area contributed by atoms with Gasteiger partial charge in [0.25, 0.3) is 5.91 Å². The maximum atomic E-state index is 13.2. The van der Waals surface area contributed by atoms with Crippen LogP contribution in [0, 0.1) is 5.82 Å². The van der Waals surface area contributed by atoms with E-state index in [1.54, 1.807) is 71.5 Å². The molecule has 1 heterocycles. The van der Waals surface area contributed by atoms with Gasteiger partial charge in [-0.15, -0.1) is 5.10 Å². The number of halogens is 1. The van der Waals surface area contributed by atoms with Crippen molar-refractivity contribution in [1.29, 1.82) is 0 Å². The fourth-order valence-corrected chi connectivity index (χ4v) is 3.02. The molecule has 4 aromatic rings. The van der Waals surface area contributed by atoms with Crippen molar-refractivity contribution in [2.45, 2.75) is 6.92 Å². The van der Waals surface area contributed by atoms with Crippen molar-refractivity contribution >= 4 is 17.4 Å². The van der Waals surface area contributed by atoms with Gasteiger partial charge in [0.2, 0.25) is 0 Å². The van der Waals surface area contributed by atoms with Crippen LogP contribution in [0.25, 0.3) is 16.9 Å². The van der Waals surface area contributed by atoms with Crippen LogP contribution in [0.2, 0.25) is 0 Å². The highest BCUT2D eigenvalue weighted by Gasteiger charge is 2.11. The maximum absolute atomic E-state index is 13.2. The summed E-state index contributed by atoms with van der Waals surface area (Å²) in [5.74, 6) is -0.679. The minimum atomic E-state index is -0.318. The Bertz CT molecular complexity index is 1210. The van der Waals surface area contributed by atoms with Crippen LogP contribution in [0.15, 0.2) is 79.0 Å². The van der Waals surface area contributed by atoms with Crippen LogP contribution in [0.1, 0.15) is 27.6 Å². The van der Waals surface area contributed by atoms with E-state index in [2.05, 4.69) is 15.6 Å². The van der Waals surface area contributed by atoms with Crippen LogP contribution in [0.4, 0.5) is 10.1 Å². The molecule has 4 rings (SSSR count). The summed E-state index contributed by atoms with van der Waals surface area (Å²) in [5.41, 5.74) is 3.72. The van der Waals surface area contributed by atoms with Crippen LogP contribution < -0.4 is 5.32 Å². The summed E-state index contributed by atoms with van der Waals surface area (Å²) in [6, 6.07) is 19.7. The third-order valence-corrected chi connectivity index (χ3v) is 4.59. The van der Waals surface area contributed by atoms with Crippen molar-refractivity contribution in [3.8, 4) is 16.9 Å². The number of benzene rings is 3. The highest BCUT2D eigenvalue weighted by molar-refractivity contribution is 6.05. The summed E-state index contributed by atoms with van der Waals surface area (Å²) in [5, 5.41) is 10.8. The molecule has 0 radical (unpaired) electrons. The SMILES string of the molecule is CC(=O)c1cccc(NC(=O)c2ccc(-n3nncc3-c3ccc(F)cc3)cc2)c1. The number of nitrogens with one attached hydrogen (secondary N) is 1. The van der Waals surface area contributed by atoms with Crippen LogP contribution >= 0.6 is 0 Å². The van der Waals surface area contributed by atoms with Crippen LogP contribution in [0.3, 0.4) is 0 Å². The zero-order valence-corrected chi connectivity index (χ0v) is 16.0. The lowest BCUT2D eigenvalue weighted by Gasteiger charge is -2.09. The Morgan fingerprint density at radius 2 is 1.67 bits per heavy atom. The lowest BCUT2D eigenvalue weighted by Crippen LogP contribution is -2.12. The summed E-state index contributed by atoms with van der Waals surface area (Å²) in [7, 11) is 0. The number of ketones is 1. The third kappa shape index (κ3) is 4.00. The van der Waals surface area contributed by atoms with Crippen molar-refractivity contribution in [3.05, 3.63) is 95.9 Å². The molecule has 6 nitrogen and oxygen atoms in total. The number of hydrogen-bond acceptors (Lipinski definition) is 4. The van der Waals surface area contributed by atoms with Gasteiger partial charge in [0.15, 0.2) is 5.78 Å². The molecule has 1 N–H and O–H groups in total. The average molecular weight is 400 g/mol. The van der Waals surface area contributed by atoms with E-state index >= 15 is 0 Å². The van der Waals surface area contributed by atoms with Crippen LogP contribution in [0.5, 0.6) is 0 Å². The molecule has 148 valence electrons. The predicted octanol–water partition coefficient (Wildman–Crippen LogP) is 4.53. The highest BCUT2D eigenvalue weighted by atomic mass is 19.1. The van der Waals surface area contributed by atoms with E-state index in [0.29, 0.717) is 28.2 Å². The number of aromatic nitrogens is 3. The van der Waals surface area contributed by atoms with Crippen molar-refractivity contribution in [2.75, 3.05) is 5.32 Å². The first-order chi connectivity index (χ1) is 14.5. The van der Waals surface area contributed by atoms with Gasteiger partial charge < -0.3 is 5.32 Å². The summed E-state index contributed by atoms with van der Waals surface area (Å²) < 4.78 is 14.8. The zero-order chi connectivity index (χ0) is 21.1. The van der Waals surface area contributed by atoms with Crippen molar-refractivity contribution < 1.29 is 14.0 Å². The smallest absolute Gasteiger partial charge is 0.255 e. The Labute approximate surface area is 172 Å². The molecule has 0 bridgehead atoms. The number of nitrogens with zero attached hydrogens (tertiary/aromatic N) is 3. The molecule has 30 heavy (non-hydrogen) atoms. The normalized spacial score (nSPS) is 10.6. The minimum absolute atomic E-state index is 0.0692. The van der Waals surface area contributed by atoms with Gasteiger partial charge >= 0.3 is 0 Å². The molecule has 7 heteroatoms. The first kappa shape index (κ1) is 19.2. The van der Waals surface area contributed by atoms with Crippen molar-refractivity contribution in [3.63, 3.8) is 0 Å². The molecule has 0 atom stereocenters. The number of amides is 1. The zero-order valence-electron chi connectivity index (χ0n) is 16.0. The fourth-order valence-electron chi connectivity index (χ4n) is 3.02. The first-order valence-corrected chi connectivity index (χ1v) is 9.21.